The zero-order chi connectivity index (χ0) is 15.5. The molecule has 0 aliphatic carbocycles. The molecule has 1 N–H and O–H groups in total. The first kappa shape index (κ1) is 16.2. The topological polar surface area (TPSA) is 18.5 Å². The third-order valence-electron chi connectivity index (χ3n) is 4.44. The molecule has 0 unspecified atom stereocenters. The van der Waals surface area contributed by atoms with Crippen LogP contribution in [0.25, 0.3) is 0 Å². The number of halogens is 1. The van der Waals surface area contributed by atoms with E-state index in [1.54, 1.807) is 12.1 Å². The van der Waals surface area contributed by atoms with Crippen molar-refractivity contribution in [1.29, 1.82) is 0 Å². The van der Waals surface area contributed by atoms with Gasteiger partial charge in [0.05, 0.1) is 0 Å². The summed E-state index contributed by atoms with van der Waals surface area (Å²) in [6.07, 6.45) is 1.09. The van der Waals surface area contributed by atoms with E-state index >= 15 is 0 Å². The van der Waals surface area contributed by atoms with Gasteiger partial charge >= 0.3 is 0 Å². The second-order valence-corrected chi connectivity index (χ2v) is 6.61. The van der Waals surface area contributed by atoms with Crippen LogP contribution in [-0.2, 0) is 6.54 Å². The third-order valence-corrected chi connectivity index (χ3v) is 4.44. The van der Waals surface area contributed by atoms with Gasteiger partial charge in [0, 0.05) is 37.4 Å². The molecule has 0 aromatic heterocycles. The summed E-state index contributed by atoms with van der Waals surface area (Å²) < 4.78 is 13.6. The highest BCUT2D eigenvalue weighted by molar-refractivity contribution is 5.54. The minimum atomic E-state index is -0.152. The Bertz CT molecular complexity index is 473. The minimum Gasteiger partial charge on any atom is -0.368 e. The molecule has 0 bridgehead atoms. The van der Waals surface area contributed by atoms with Crippen LogP contribution in [0.2, 0.25) is 0 Å². The second kappa shape index (κ2) is 6.75. The molecule has 2 rings (SSSR count). The van der Waals surface area contributed by atoms with Crippen LogP contribution in [0.3, 0.4) is 0 Å². The highest BCUT2D eigenvalue weighted by Crippen LogP contribution is 2.27. The lowest BCUT2D eigenvalue weighted by molar-refractivity contribution is 0.139. The first-order valence-corrected chi connectivity index (χ1v) is 7.89. The summed E-state index contributed by atoms with van der Waals surface area (Å²) in [5, 5.41) is 3.38. The summed E-state index contributed by atoms with van der Waals surface area (Å²) >= 11 is 0. The number of nitrogens with zero attached hydrogens (tertiary/aromatic N) is 2. The molecule has 0 radical (unpaired) electrons. The number of piperazine rings is 1. The molecule has 1 aliphatic rings. The SMILES string of the molecule is CCCNCc1cc(F)ccc1N1CCN(C)C(C)(C)C1. The van der Waals surface area contributed by atoms with Gasteiger partial charge in [0.15, 0.2) is 0 Å². The van der Waals surface area contributed by atoms with Crippen molar-refractivity contribution < 1.29 is 4.39 Å². The van der Waals surface area contributed by atoms with Crippen LogP contribution in [0.4, 0.5) is 10.1 Å². The molecular formula is C17H28FN3. The highest BCUT2D eigenvalue weighted by atomic mass is 19.1. The van der Waals surface area contributed by atoms with Gasteiger partial charge in [0.1, 0.15) is 5.82 Å². The number of rotatable bonds is 5. The van der Waals surface area contributed by atoms with Gasteiger partial charge in [0.25, 0.3) is 0 Å². The van der Waals surface area contributed by atoms with Gasteiger partial charge in [-0.05, 0) is 57.6 Å². The van der Waals surface area contributed by atoms with Crippen LogP contribution in [0.5, 0.6) is 0 Å². The Morgan fingerprint density at radius 1 is 1.29 bits per heavy atom. The molecule has 1 aromatic rings. The number of anilines is 1. The molecule has 1 saturated heterocycles. The molecule has 0 amide bonds. The van der Waals surface area contributed by atoms with Crippen molar-refractivity contribution in [2.75, 3.05) is 38.1 Å². The van der Waals surface area contributed by atoms with E-state index in [0.717, 1.165) is 44.7 Å². The Balaban J connectivity index is 2.18. The Morgan fingerprint density at radius 2 is 2.05 bits per heavy atom. The third kappa shape index (κ3) is 3.95. The Hall–Kier alpha value is -1.13. The van der Waals surface area contributed by atoms with Crippen molar-refractivity contribution in [2.45, 2.75) is 39.3 Å². The molecule has 3 nitrogen and oxygen atoms in total. The van der Waals surface area contributed by atoms with Crippen molar-refractivity contribution in [3.8, 4) is 0 Å². The monoisotopic (exact) mass is 293 g/mol. The van der Waals surface area contributed by atoms with E-state index in [1.807, 2.05) is 6.07 Å². The van der Waals surface area contributed by atoms with E-state index in [9.17, 15) is 4.39 Å². The molecule has 1 aliphatic heterocycles. The van der Waals surface area contributed by atoms with E-state index < -0.39 is 0 Å². The van der Waals surface area contributed by atoms with E-state index in [0.29, 0.717) is 0 Å². The maximum absolute atomic E-state index is 13.6. The molecule has 118 valence electrons. The first-order chi connectivity index (χ1) is 9.94. The molecule has 4 heteroatoms. The van der Waals surface area contributed by atoms with Gasteiger partial charge in [-0.25, -0.2) is 4.39 Å². The number of benzene rings is 1. The number of nitrogens with one attached hydrogen (secondary N) is 1. The molecule has 1 heterocycles. The summed E-state index contributed by atoms with van der Waals surface area (Å²) in [6.45, 7) is 11.4. The lowest BCUT2D eigenvalue weighted by Crippen LogP contribution is -2.57. The molecule has 21 heavy (non-hydrogen) atoms. The number of hydrogen-bond acceptors (Lipinski definition) is 3. The molecule has 1 fully saturated rings. The lowest BCUT2D eigenvalue weighted by Gasteiger charge is -2.46. The van der Waals surface area contributed by atoms with Gasteiger partial charge < -0.3 is 10.2 Å². The van der Waals surface area contributed by atoms with Crippen LogP contribution in [-0.4, -0.2) is 43.7 Å². The molecule has 1 aromatic carbocycles. The van der Waals surface area contributed by atoms with Crippen molar-refractivity contribution in [2.24, 2.45) is 0 Å². The maximum atomic E-state index is 13.6. The van der Waals surface area contributed by atoms with Crippen LogP contribution in [0, 0.1) is 5.82 Å². The Kier molecular flexibility index (Phi) is 5.22. The summed E-state index contributed by atoms with van der Waals surface area (Å²) in [5.41, 5.74) is 2.37. The lowest BCUT2D eigenvalue weighted by atomic mass is 9.98. The van der Waals surface area contributed by atoms with Crippen molar-refractivity contribution in [3.05, 3.63) is 29.6 Å². The Labute approximate surface area is 128 Å². The van der Waals surface area contributed by atoms with E-state index in [2.05, 4.69) is 42.9 Å². The van der Waals surface area contributed by atoms with Gasteiger partial charge in [-0.2, -0.15) is 0 Å². The minimum absolute atomic E-state index is 0.140. The van der Waals surface area contributed by atoms with Gasteiger partial charge in [-0.15, -0.1) is 0 Å². The Morgan fingerprint density at radius 3 is 2.71 bits per heavy atom. The van der Waals surface area contributed by atoms with Gasteiger partial charge in [-0.3, -0.25) is 4.90 Å². The molecular weight excluding hydrogens is 265 g/mol. The fourth-order valence-corrected chi connectivity index (χ4v) is 2.85. The largest absolute Gasteiger partial charge is 0.368 e. The smallest absolute Gasteiger partial charge is 0.123 e. The molecule has 0 saturated carbocycles. The van der Waals surface area contributed by atoms with Crippen LogP contribution >= 0.6 is 0 Å². The first-order valence-electron chi connectivity index (χ1n) is 7.89. The zero-order valence-corrected chi connectivity index (χ0v) is 13.7. The van der Waals surface area contributed by atoms with Gasteiger partial charge in [0.2, 0.25) is 0 Å². The second-order valence-electron chi connectivity index (χ2n) is 6.61. The highest BCUT2D eigenvalue weighted by Gasteiger charge is 2.31. The fourth-order valence-electron chi connectivity index (χ4n) is 2.85. The van der Waals surface area contributed by atoms with Crippen molar-refractivity contribution in [3.63, 3.8) is 0 Å². The van der Waals surface area contributed by atoms with E-state index in [4.69, 9.17) is 0 Å². The van der Waals surface area contributed by atoms with E-state index in [1.165, 1.54) is 5.69 Å². The van der Waals surface area contributed by atoms with Crippen molar-refractivity contribution >= 4 is 5.69 Å². The summed E-state index contributed by atoms with van der Waals surface area (Å²) in [5.74, 6) is -0.152. The fraction of sp³-hybridized carbons (Fsp3) is 0.647. The predicted molar refractivity (Wildman–Crippen MR) is 87.3 cm³/mol. The van der Waals surface area contributed by atoms with E-state index in [-0.39, 0.29) is 11.4 Å². The average Bonchev–Trinajstić information content (AvgIpc) is 2.42. The quantitative estimate of drug-likeness (QED) is 0.842. The van der Waals surface area contributed by atoms with Gasteiger partial charge in [-0.1, -0.05) is 6.92 Å². The average molecular weight is 293 g/mol. The van der Waals surface area contributed by atoms with Crippen LogP contribution < -0.4 is 10.2 Å². The number of hydrogen-bond donors (Lipinski definition) is 1. The predicted octanol–water partition coefficient (Wildman–Crippen LogP) is 2.86. The summed E-state index contributed by atoms with van der Waals surface area (Å²) in [7, 11) is 2.17. The normalized spacial score (nSPS) is 19.0. The van der Waals surface area contributed by atoms with Crippen molar-refractivity contribution in [1.82, 2.24) is 10.2 Å². The standard InChI is InChI=1S/C17H28FN3/c1-5-8-19-12-14-11-15(18)6-7-16(14)21-10-9-20(4)17(2,3)13-21/h6-7,11,19H,5,8-10,12-13H2,1-4H3. The summed E-state index contributed by atoms with van der Waals surface area (Å²) in [4.78, 5) is 4.78. The van der Waals surface area contributed by atoms with Crippen LogP contribution in [0.15, 0.2) is 18.2 Å². The maximum Gasteiger partial charge on any atom is 0.123 e. The molecule has 0 atom stereocenters. The van der Waals surface area contributed by atoms with Crippen LogP contribution in [0.1, 0.15) is 32.8 Å². The summed E-state index contributed by atoms with van der Waals surface area (Å²) in [6, 6.07) is 5.17. The molecule has 0 spiro atoms. The zero-order valence-electron chi connectivity index (χ0n) is 13.7. The number of likely N-dealkylation sites (N-methyl/N-ethyl adjacent to an activating group) is 1.